The monoisotopic (exact) mass is 357 g/mol. The van der Waals surface area contributed by atoms with Gasteiger partial charge < -0.3 is 14.2 Å². The molecule has 26 heavy (non-hydrogen) atoms. The molecule has 5 nitrogen and oxygen atoms in total. The van der Waals surface area contributed by atoms with Gasteiger partial charge in [-0.2, -0.15) is 0 Å². The van der Waals surface area contributed by atoms with E-state index in [9.17, 15) is 4.79 Å². The van der Waals surface area contributed by atoms with E-state index in [1.54, 1.807) is 6.08 Å². The van der Waals surface area contributed by atoms with Crippen molar-refractivity contribution in [3.63, 3.8) is 0 Å². The van der Waals surface area contributed by atoms with Crippen LogP contribution >= 0.6 is 0 Å². The molecular formula is C21H31N3O2. The Hall–Kier alpha value is -2.14. The number of unbranched alkanes of at least 4 members (excludes halogenated alkanes) is 1. The Morgan fingerprint density at radius 1 is 1.38 bits per heavy atom. The van der Waals surface area contributed by atoms with E-state index in [1.807, 2.05) is 12.1 Å². The van der Waals surface area contributed by atoms with Crippen LogP contribution in [0, 0.1) is 0 Å². The smallest absolute Gasteiger partial charge is 0.330 e. The van der Waals surface area contributed by atoms with Crippen LogP contribution in [-0.4, -0.2) is 47.2 Å². The van der Waals surface area contributed by atoms with E-state index in [1.165, 1.54) is 13.2 Å². The highest BCUT2D eigenvalue weighted by molar-refractivity contribution is 5.88. The van der Waals surface area contributed by atoms with Gasteiger partial charge in [0.05, 0.1) is 18.1 Å². The van der Waals surface area contributed by atoms with Crippen LogP contribution in [-0.2, 0) is 22.5 Å². The Bertz CT molecular complexity index is 762. The van der Waals surface area contributed by atoms with E-state index in [4.69, 9.17) is 4.98 Å². The van der Waals surface area contributed by atoms with Crippen molar-refractivity contribution < 1.29 is 9.53 Å². The standard InChI is InChI=1S/C21H31N3O2/c1-6-7-8-20-22-18-15-17(10-12-21(25)26-5)9-11-19(18)24(20)14-13-23(4)16(2)3/h9-12,15-16H,6-8,13-14H2,1-5H3/b12-10+. The number of fused-ring (bicyclic) bond motifs is 1. The van der Waals surface area contributed by atoms with Crippen molar-refractivity contribution in [1.82, 2.24) is 14.5 Å². The molecule has 0 spiro atoms. The molecule has 1 heterocycles. The summed E-state index contributed by atoms with van der Waals surface area (Å²) in [5, 5.41) is 0. The summed E-state index contributed by atoms with van der Waals surface area (Å²) in [5.41, 5.74) is 3.09. The first-order chi connectivity index (χ1) is 12.5. The zero-order valence-electron chi connectivity index (χ0n) is 16.7. The Labute approximate surface area is 156 Å². The molecule has 2 rings (SSSR count). The Morgan fingerprint density at radius 3 is 2.81 bits per heavy atom. The second kappa shape index (κ2) is 9.53. The zero-order valence-corrected chi connectivity index (χ0v) is 16.7. The van der Waals surface area contributed by atoms with E-state index in [-0.39, 0.29) is 5.97 Å². The van der Waals surface area contributed by atoms with Crippen LogP contribution in [0.5, 0.6) is 0 Å². The number of benzene rings is 1. The van der Waals surface area contributed by atoms with Gasteiger partial charge in [-0.3, -0.25) is 0 Å². The summed E-state index contributed by atoms with van der Waals surface area (Å²) in [4.78, 5) is 18.5. The second-order valence-electron chi connectivity index (χ2n) is 6.96. The Balaban J connectivity index is 2.31. The van der Waals surface area contributed by atoms with Crippen LogP contribution in [0.4, 0.5) is 0 Å². The largest absolute Gasteiger partial charge is 0.466 e. The second-order valence-corrected chi connectivity index (χ2v) is 6.96. The molecular weight excluding hydrogens is 326 g/mol. The van der Waals surface area contributed by atoms with Gasteiger partial charge >= 0.3 is 5.97 Å². The number of rotatable bonds is 9. The van der Waals surface area contributed by atoms with E-state index in [2.05, 4.69) is 48.1 Å². The first-order valence-electron chi connectivity index (χ1n) is 9.41. The van der Waals surface area contributed by atoms with Crippen molar-refractivity contribution in [3.8, 4) is 0 Å². The number of esters is 1. The number of aromatic nitrogens is 2. The summed E-state index contributed by atoms with van der Waals surface area (Å²) in [6.07, 6.45) is 6.49. The summed E-state index contributed by atoms with van der Waals surface area (Å²) in [6, 6.07) is 6.69. The first-order valence-corrected chi connectivity index (χ1v) is 9.41. The minimum Gasteiger partial charge on any atom is -0.466 e. The van der Waals surface area contributed by atoms with Crippen LogP contribution < -0.4 is 0 Å². The normalized spacial score (nSPS) is 12.0. The topological polar surface area (TPSA) is 47.4 Å². The molecule has 0 amide bonds. The average Bonchev–Trinajstić information content (AvgIpc) is 2.98. The van der Waals surface area contributed by atoms with Gasteiger partial charge in [-0.1, -0.05) is 19.4 Å². The number of imidazole rings is 1. The fourth-order valence-corrected chi connectivity index (χ4v) is 2.82. The predicted octanol–water partition coefficient (Wildman–Crippen LogP) is 3.91. The number of hydrogen-bond acceptors (Lipinski definition) is 4. The number of methoxy groups -OCH3 is 1. The average molecular weight is 357 g/mol. The van der Waals surface area contributed by atoms with Gasteiger partial charge in [-0.05, 0) is 51.1 Å². The number of ether oxygens (including phenoxy) is 1. The number of aryl methyl sites for hydroxylation is 1. The lowest BCUT2D eigenvalue weighted by Crippen LogP contribution is -2.30. The minimum atomic E-state index is -0.351. The number of carbonyl (C=O) groups excluding carboxylic acids is 1. The number of carbonyl (C=O) groups is 1. The van der Waals surface area contributed by atoms with Crippen LogP contribution in [0.3, 0.4) is 0 Å². The molecule has 0 unspecified atom stereocenters. The van der Waals surface area contributed by atoms with Gasteiger partial charge in [-0.25, -0.2) is 9.78 Å². The van der Waals surface area contributed by atoms with Crippen molar-refractivity contribution in [2.24, 2.45) is 0 Å². The van der Waals surface area contributed by atoms with Gasteiger partial charge in [0.25, 0.3) is 0 Å². The van der Waals surface area contributed by atoms with Crippen LogP contribution in [0.25, 0.3) is 17.1 Å². The van der Waals surface area contributed by atoms with Gasteiger partial charge in [0.1, 0.15) is 5.82 Å². The molecule has 0 aliphatic heterocycles. The molecule has 142 valence electrons. The number of nitrogens with zero attached hydrogens (tertiary/aromatic N) is 3. The summed E-state index contributed by atoms with van der Waals surface area (Å²) < 4.78 is 7.00. The minimum absolute atomic E-state index is 0.351. The molecule has 1 aromatic carbocycles. The third-order valence-corrected chi connectivity index (χ3v) is 4.78. The zero-order chi connectivity index (χ0) is 19.1. The number of hydrogen-bond donors (Lipinski definition) is 0. The van der Waals surface area contributed by atoms with E-state index in [0.29, 0.717) is 6.04 Å². The van der Waals surface area contributed by atoms with Gasteiger partial charge in [-0.15, -0.1) is 0 Å². The molecule has 0 atom stereocenters. The molecule has 0 saturated carbocycles. The molecule has 0 aliphatic rings. The molecule has 0 saturated heterocycles. The van der Waals surface area contributed by atoms with E-state index >= 15 is 0 Å². The summed E-state index contributed by atoms with van der Waals surface area (Å²) in [5.74, 6) is 0.795. The maximum atomic E-state index is 11.3. The number of likely N-dealkylation sites (N-methyl/N-ethyl adjacent to an activating group) is 1. The SMILES string of the molecule is CCCCc1nc2cc(/C=C/C(=O)OC)ccc2n1CCN(C)C(C)C. The maximum Gasteiger partial charge on any atom is 0.330 e. The molecule has 5 heteroatoms. The molecule has 0 aliphatic carbocycles. The van der Waals surface area contributed by atoms with Gasteiger partial charge in [0.15, 0.2) is 0 Å². The third-order valence-electron chi connectivity index (χ3n) is 4.78. The molecule has 0 radical (unpaired) electrons. The lowest BCUT2D eigenvalue weighted by molar-refractivity contribution is -0.134. The van der Waals surface area contributed by atoms with E-state index < -0.39 is 0 Å². The van der Waals surface area contributed by atoms with Gasteiger partial charge in [0.2, 0.25) is 0 Å². The lowest BCUT2D eigenvalue weighted by Gasteiger charge is -2.22. The van der Waals surface area contributed by atoms with Crippen molar-refractivity contribution in [2.75, 3.05) is 20.7 Å². The Morgan fingerprint density at radius 2 is 2.15 bits per heavy atom. The maximum absolute atomic E-state index is 11.3. The lowest BCUT2D eigenvalue weighted by atomic mass is 10.2. The van der Waals surface area contributed by atoms with Crippen molar-refractivity contribution in [1.29, 1.82) is 0 Å². The van der Waals surface area contributed by atoms with Crippen molar-refractivity contribution >= 4 is 23.1 Å². The van der Waals surface area contributed by atoms with Crippen molar-refractivity contribution in [2.45, 2.75) is 52.6 Å². The molecule has 1 aromatic heterocycles. The van der Waals surface area contributed by atoms with E-state index in [0.717, 1.165) is 54.8 Å². The molecule has 0 bridgehead atoms. The molecule has 2 aromatic rings. The Kier molecular flexibility index (Phi) is 7.39. The van der Waals surface area contributed by atoms with Crippen LogP contribution in [0.1, 0.15) is 45.0 Å². The molecule has 0 N–H and O–H groups in total. The fourth-order valence-electron chi connectivity index (χ4n) is 2.82. The first kappa shape index (κ1) is 20.2. The van der Waals surface area contributed by atoms with Crippen LogP contribution in [0.15, 0.2) is 24.3 Å². The highest BCUT2D eigenvalue weighted by Gasteiger charge is 2.12. The predicted molar refractivity (Wildman–Crippen MR) is 107 cm³/mol. The summed E-state index contributed by atoms with van der Waals surface area (Å²) in [7, 11) is 3.54. The summed E-state index contributed by atoms with van der Waals surface area (Å²) in [6.45, 7) is 8.55. The summed E-state index contributed by atoms with van der Waals surface area (Å²) >= 11 is 0. The third kappa shape index (κ3) is 5.18. The van der Waals surface area contributed by atoms with Gasteiger partial charge in [0, 0.05) is 31.6 Å². The fraction of sp³-hybridized carbons (Fsp3) is 0.524. The highest BCUT2D eigenvalue weighted by Crippen LogP contribution is 2.20. The molecule has 0 fully saturated rings. The highest BCUT2D eigenvalue weighted by atomic mass is 16.5. The quantitative estimate of drug-likeness (QED) is 0.504. The van der Waals surface area contributed by atoms with Crippen molar-refractivity contribution in [3.05, 3.63) is 35.7 Å². The van der Waals surface area contributed by atoms with Crippen LogP contribution in [0.2, 0.25) is 0 Å².